The summed E-state index contributed by atoms with van der Waals surface area (Å²) in [5.74, 6) is 0.263. The minimum absolute atomic E-state index is 0.242. The molecule has 1 heterocycles. The fourth-order valence-corrected chi connectivity index (χ4v) is 7.96. The van der Waals surface area contributed by atoms with Gasteiger partial charge in [-0.15, -0.1) is 0 Å². The molecule has 3 atom stereocenters. The van der Waals surface area contributed by atoms with Gasteiger partial charge < -0.3 is 10.5 Å². The van der Waals surface area contributed by atoms with Crippen LogP contribution < -0.4 is 5.73 Å². The Labute approximate surface area is 190 Å². The molecule has 2 aliphatic rings. The van der Waals surface area contributed by atoms with Gasteiger partial charge in [0, 0.05) is 42.3 Å². The van der Waals surface area contributed by atoms with Gasteiger partial charge in [-0.05, 0) is 18.6 Å². The Morgan fingerprint density at radius 2 is 2.14 bits per heavy atom. The van der Waals surface area contributed by atoms with E-state index in [2.05, 4.69) is 29.5 Å². The van der Waals surface area contributed by atoms with Crippen molar-refractivity contribution < 1.29 is 17.9 Å². The van der Waals surface area contributed by atoms with Crippen LogP contribution in [0.25, 0.3) is 0 Å². The normalized spacial score (nSPS) is 28.2. The number of nitrogens with two attached hydrogens (primary N) is 1. The third kappa shape index (κ3) is 4.30. The summed E-state index contributed by atoms with van der Waals surface area (Å²) in [5.41, 5.74) is 5.34. The Morgan fingerprint density at radius 1 is 1.41 bits per heavy atom. The molecular formula is C20H25IN2O4S2. The van der Waals surface area contributed by atoms with E-state index in [1.807, 2.05) is 11.8 Å². The van der Waals surface area contributed by atoms with Gasteiger partial charge in [0.1, 0.15) is 5.60 Å². The maximum absolute atomic E-state index is 13.6. The van der Waals surface area contributed by atoms with E-state index in [9.17, 15) is 13.2 Å². The molecule has 158 valence electrons. The van der Waals surface area contributed by atoms with E-state index in [-0.39, 0.29) is 8.82 Å². The van der Waals surface area contributed by atoms with Crippen LogP contribution in [0.2, 0.25) is 0 Å². The van der Waals surface area contributed by atoms with Crippen LogP contribution in [-0.2, 0) is 25.2 Å². The highest BCUT2D eigenvalue weighted by molar-refractivity contribution is 14.1. The molecule has 9 heteroatoms. The zero-order valence-electron chi connectivity index (χ0n) is 16.4. The number of hydrogen-bond donors (Lipinski definition) is 1. The van der Waals surface area contributed by atoms with Gasteiger partial charge in [-0.3, -0.25) is 4.79 Å². The number of amides is 1. The quantitative estimate of drug-likeness (QED) is 0.437. The highest BCUT2D eigenvalue weighted by atomic mass is 127. The average Bonchev–Trinajstić information content (AvgIpc) is 2.74. The second-order valence-electron chi connectivity index (χ2n) is 6.98. The Bertz CT molecular complexity index is 948. The van der Waals surface area contributed by atoms with Crippen molar-refractivity contribution in [2.45, 2.75) is 33.0 Å². The number of hydrogen-bond acceptors (Lipinski definition) is 5. The van der Waals surface area contributed by atoms with Crippen molar-refractivity contribution in [1.29, 1.82) is 0 Å². The number of carbonyl (C=O) groups excluding carboxylic acids is 1. The van der Waals surface area contributed by atoms with Gasteiger partial charge in [-0.1, -0.05) is 59.9 Å². The third-order valence-electron chi connectivity index (χ3n) is 5.35. The summed E-state index contributed by atoms with van der Waals surface area (Å²) in [6.07, 6.45) is 5.99. The third-order valence-corrected chi connectivity index (χ3v) is 9.93. The SMILES string of the molecule is CCC1CN(S(=O)(=O)c2ccccc2C2(OC)C=CC(C(N)=O)=CC2I)CCS1. The molecule has 1 aromatic carbocycles. The predicted molar refractivity (Wildman–Crippen MR) is 125 cm³/mol. The number of thioether (sulfide) groups is 1. The van der Waals surface area contributed by atoms with Crippen molar-refractivity contribution in [3.8, 4) is 0 Å². The molecule has 0 radical (unpaired) electrons. The van der Waals surface area contributed by atoms with Gasteiger partial charge in [-0.25, -0.2) is 8.42 Å². The topological polar surface area (TPSA) is 89.7 Å². The first-order valence-corrected chi connectivity index (χ1v) is 13.1. The highest BCUT2D eigenvalue weighted by Gasteiger charge is 2.43. The smallest absolute Gasteiger partial charge is 0.248 e. The Kier molecular flexibility index (Phi) is 7.14. The Balaban J connectivity index is 2.07. The summed E-state index contributed by atoms with van der Waals surface area (Å²) in [6.45, 7) is 3.08. The first-order chi connectivity index (χ1) is 13.8. The summed E-state index contributed by atoms with van der Waals surface area (Å²) in [4.78, 5) is 11.8. The van der Waals surface area contributed by atoms with Crippen LogP contribution in [0.4, 0.5) is 0 Å². The lowest BCUT2D eigenvalue weighted by Gasteiger charge is -2.38. The number of alkyl halides is 1. The average molecular weight is 548 g/mol. The van der Waals surface area contributed by atoms with Crippen molar-refractivity contribution in [3.63, 3.8) is 0 Å². The van der Waals surface area contributed by atoms with Gasteiger partial charge in [0.05, 0.1) is 8.82 Å². The van der Waals surface area contributed by atoms with E-state index in [4.69, 9.17) is 10.5 Å². The second kappa shape index (κ2) is 9.09. The summed E-state index contributed by atoms with van der Waals surface area (Å²) < 4.78 is 34.4. The van der Waals surface area contributed by atoms with Gasteiger partial charge >= 0.3 is 0 Å². The number of methoxy groups -OCH3 is 1. The molecule has 1 aliphatic heterocycles. The summed E-state index contributed by atoms with van der Waals surface area (Å²) >= 11 is 3.98. The molecule has 0 spiro atoms. The van der Waals surface area contributed by atoms with Crippen molar-refractivity contribution in [2.24, 2.45) is 5.73 Å². The number of halogens is 1. The van der Waals surface area contributed by atoms with E-state index in [0.717, 1.165) is 12.2 Å². The standard InChI is InChI=1S/C20H25IN2O4S2/c1-3-15-13-23(10-11-28-15)29(25,26)17-7-5-4-6-16(17)20(27-2)9-8-14(19(22)24)12-18(20)21/h4-9,12,15,18H,3,10-11,13H2,1-2H3,(H2,22,24). The molecule has 0 bridgehead atoms. The summed E-state index contributed by atoms with van der Waals surface area (Å²) in [7, 11) is -2.15. The maximum atomic E-state index is 13.6. The first-order valence-electron chi connectivity index (χ1n) is 9.37. The molecule has 1 fully saturated rings. The molecular weight excluding hydrogens is 523 g/mol. The van der Waals surface area contributed by atoms with Crippen molar-refractivity contribution in [2.75, 3.05) is 26.0 Å². The minimum atomic E-state index is -3.70. The van der Waals surface area contributed by atoms with Crippen LogP contribution in [0.5, 0.6) is 0 Å². The van der Waals surface area contributed by atoms with Crippen LogP contribution in [-0.4, -0.2) is 53.8 Å². The summed E-state index contributed by atoms with van der Waals surface area (Å²) in [6, 6.07) is 6.96. The van der Waals surface area contributed by atoms with E-state index >= 15 is 0 Å². The predicted octanol–water partition coefficient (Wildman–Crippen LogP) is 2.83. The second-order valence-corrected chi connectivity index (χ2v) is 11.6. The zero-order valence-corrected chi connectivity index (χ0v) is 20.2. The first kappa shape index (κ1) is 22.8. The van der Waals surface area contributed by atoms with Crippen molar-refractivity contribution in [3.05, 3.63) is 53.6 Å². The molecule has 29 heavy (non-hydrogen) atoms. The van der Waals surface area contributed by atoms with Gasteiger partial charge in [0.2, 0.25) is 15.9 Å². The van der Waals surface area contributed by atoms with Gasteiger partial charge in [0.25, 0.3) is 0 Å². The molecule has 3 unspecified atom stereocenters. The minimum Gasteiger partial charge on any atom is -0.368 e. The largest absolute Gasteiger partial charge is 0.368 e. The van der Waals surface area contributed by atoms with Crippen LogP contribution in [0, 0.1) is 0 Å². The number of primary amides is 1. The number of carbonyl (C=O) groups is 1. The van der Waals surface area contributed by atoms with Crippen LogP contribution >= 0.6 is 34.4 Å². The molecule has 0 saturated carbocycles. The van der Waals surface area contributed by atoms with Crippen LogP contribution in [0.1, 0.15) is 18.9 Å². The monoisotopic (exact) mass is 548 g/mol. The van der Waals surface area contributed by atoms with Crippen molar-refractivity contribution in [1.82, 2.24) is 4.31 Å². The number of sulfonamides is 1. The maximum Gasteiger partial charge on any atom is 0.248 e. The molecule has 6 nitrogen and oxygen atoms in total. The Hall–Kier alpha value is -0.880. The molecule has 2 N–H and O–H groups in total. The fourth-order valence-electron chi connectivity index (χ4n) is 3.65. The molecule has 1 aliphatic carbocycles. The number of ether oxygens (including phenoxy) is 1. The number of rotatable bonds is 6. The van der Waals surface area contributed by atoms with E-state index in [1.165, 1.54) is 0 Å². The zero-order chi connectivity index (χ0) is 21.2. The van der Waals surface area contributed by atoms with Crippen LogP contribution in [0.15, 0.2) is 53.0 Å². The number of benzene rings is 1. The lowest BCUT2D eigenvalue weighted by molar-refractivity contribution is -0.114. The van der Waals surface area contributed by atoms with Gasteiger partial charge in [-0.2, -0.15) is 16.1 Å². The summed E-state index contributed by atoms with van der Waals surface area (Å²) in [5, 5.41) is 0.301. The highest BCUT2D eigenvalue weighted by Crippen LogP contribution is 2.43. The van der Waals surface area contributed by atoms with E-state index < -0.39 is 21.5 Å². The van der Waals surface area contributed by atoms with Crippen LogP contribution in [0.3, 0.4) is 0 Å². The molecule has 3 rings (SSSR count). The molecule has 1 saturated heterocycles. The lowest BCUT2D eigenvalue weighted by Crippen LogP contribution is -2.44. The van der Waals surface area contributed by atoms with E-state index in [0.29, 0.717) is 29.5 Å². The van der Waals surface area contributed by atoms with Crippen molar-refractivity contribution >= 4 is 50.3 Å². The molecule has 1 aromatic rings. The Morgan fingerprint density at radius 3 is 2.76 bits per heavy atom. The molecule has 1 amide bonds. The fraction of sp³-hybridized carbons (Fsp3) is 0.450. The lowest BCUT2D eigenvalue weighted by atomic mass is 9.85. The number of nitrogens with zero attached hydrogens (tertiary/aromatic N) is 1. The van der Waals surface area contributed by atoms with E-state index in [1.54, 1.807) is 53.9 Å². The molecule has 0 aromatic heterocycles. The van der Waals surface area contributed by atoms with Gasteiger partial charge in [0.15, 0.2) is 0 Å².